The molecule has 1 saturated carbocycles. The Morgan fingerprint density at radius 3 is 2.60 bits per heavy atom. The maximum Gasteiger partial charge on any atom is 0.407 e. The van der Waals surface area contributed by atoms with E-state index in [1.165, 1.54) is 3.57 Å². The van der Waals surface area contributed by atoms with E-state index in [1.54, 1.807) is 0 Å². The van der Waals surface area contributed by atoms with Crippen molar-refractivity contribution in [2.45, 2.75) is 38.8 Å². The first-order valence-electron chi connectivity index (χ1n) is 6.71. The van der Waals surface area contributed by atoms with Crippen molar-refractivity contribution in [2.24, 2.45) is 5.92 Å². The third kappa shape index (κ3) is 5.19. The molecular weight excluding hydrogens is 369 g/mol. The normalized spacial score (nSPS) is 21.2. The van der Waals surface area contributed by atoms with Crippen molar-refractivity contribution >= 4 is 28.7 Å². The SMILES string of the molecule is CC(C)(C)OC(=O)NC1CC1COc1ccc(I)cc1. The largest absolute Gasteiger partial charge is 0.493 e. The standard InChI is InChI=1S/C15H20INO3/c1-15(2,3)20-14(18)17-13-8-10(13)9-19-12-6-4-11(16)5-7-12/h4-7,10,13H,8-9H2,1-3H3,(H,17,18). The van der Waals surface area contributed by atoms with Crippen LogP contribution >= 0.6 is 22.6 Å². The molecule has 20 heavy (non-hydrogen) atoms. The van der Waals surface area contributed by atoms with Crippen LogP contribution in [0.2, 0.25) is 0 Å². The zero-order valence-electron chi connectivity index (χ0n) is 12.0. The Kier molecular flexibility index (Phi) is 4.78. The van der Waals surface area contributed by atoms with Gasteiger partial charge in [-0.05, 0) is 74.0 Å². The van der Waals surface area contributed by atoms with E-state index in [4.69, 9.17) is 9.47 Å². The highest BCUT2D eigenvalue weighted by Gasteiger charge is 2.39. The second-order valence-electron chi connectivity index (χ2n) is 6.01. The van der Waals surface area contributed by atoms with Gasteiger partial charge in [0.15, 0.2) is 0 Å². The van der Waals surface area contributed by atoms with Gasteiger partial charge in [-0.15, -0.1) is 0 Å². The first-order chi connectivity index (χ1) is 9.33. The molecule has 5 heteroatoms. The van der Waals surface area contributed by atoms with Crippen LogP contribution in [-0.2, 0) is 4.74 Å². The van der Waals surface area contributed by atoms with Crippen LogP contribution in [0.5, 0.6) is 5.75 Å². The van der Waals surface area contributed by atoms with Gasteiger partial charge in [-0.3, -0.25) is 0 Å². The summed E-state index contributed by atoms with van der Waals surface area (Å²) in [4.78, 5) is 11.6. The van der Waals surface area contributed by atoms with Gasteiger partial charge in [0.05, 0.1) is 6.61 Å². The molecule has 0 bridgehead atoms. The van der Waals surface area contributed by atoms with Crippen LogP contribution in [0.4, 0.5) is 4.79 Å². The number of hydrogen-bond donors (Lipinski definition) is 1. The predicted molar refractivity (Wildman–Crippen MR) is 85.9 cm³/mol. The maximum atomic E-state index is 11.6. The fraction of sp³-hybridized carbons (Fsp3) is 0.533. The molecule has 2 unspecified atom stereocenters. The lowest BCUT2D eigenvalue weighted by atomic mass is 10.2. The first-order valence-corrected chi connectivity index (χ1v) is 7.79. The smallest absolute Gasteiger partial charge is 0.407 e. The molecule has 0 saturated heterocycles. The van der Waals surface area contributed by atoms with Gasteiger partial charge >= 0.3 is 6.09 Å². The average Bonchev–Trinajstić information content (AvgIpc) is 3.04. The highest BCUT2D eigenvalue weighted by atomic mass is 127. The molecule has 0 heterocycles. The van der Waals surface area contributed by atoms with Crippen molar-refractivity contribution in [1.29, 1.82) is 0 Å². The number of hydrogen-bond acceptors (Lipinski definition) is 3. The highest BCUT2D eigenvalue weighted by Crippen LogP contribution is 2.31. The highest BCUT2D eigenvalue weighted by molar-refractivity contribution is 14.1. The Morgan fingerprint density at radius 2 is 2.00 bits per heavy atom. The molecule has 0 spiro atoms. The molecular formula is C15H20INO3. The molecule has 0 aliphatic heterocycles. The lowest BCUT2D eigenvalue weighted by Gasteiger charge is -2.19. The first kappa shape index (κ1) is 15.4. The third-order valence-electron chi connectivity index (χ3n) is 2.90. The lowest BCUT2D eigenvalue weighted by Crippen LogP contribution is -2.34. The Labute approximate surface area is 133 Å². The fourth-order valence-corrected chi connectivity index (χ4v) is 2.16. The average molecular weight is 389 g/mol. The summed E-state index contributed by atoms with van der Waals surface area (Å²) in [6, 6.07) is 8.12. The van der Waals surface area contributed by atoms with E-state index < -0.39 is 5.60 Å². The maximum absolute atomic E-state index is 11.6. The van der Waals surface area contributed by atoms with E-state index >= 15 is 0 Å². The van der Waals surface area contributed by atoms with Crippen LogP contribution in [0.25, 0.3) is 0 Å². The molecule has 1 aliphatic carbocycles. The van der Waals surface area contributed by atoms with Crippen LogP contribution < -0.4 is 10.1 Å². The molecule has 4 nitrogen and oxygen atoms in total. The van der Waals surface area contributed by atoms with Crippen molar-refractivity contribution in [3.8, 4) is 5.75 Å². The van der Waals surface area contributed by atoms with Crippen molar-refractivity contribution in [1.82, 2.24) is 5.32 Å². The summed E-state index contributed by atoms with van der Waals surface area (Å²) in [5, 5.41) is 2.86. The van der Waals surface area contributed by atoms with E-state index in [-0.39, 0.29) is 12.1 Å². The summed E-state index contributed by atoms with van der Waals surface area (Å²) < 4.78 is 12.1. The second kappa shape index (κ2) is 6.20. The number of halogens is 1. The summed E-state index contributed by atoms with van der Waals surface area (Å²) in [5.41, 5.74) is -0.452. The molecule has 1 aromatic rings. The zero-order valence-corrected chi connectivity index (χ0v) is 14.1. The van der Waals surface area contributed by atoms with Gasteiger partial charge < -0.3 is 14.8 Å². The van der Waals surface area contributed by atoms with Gasteiger partial charge in [0, 0.05) is 15.5 Å². The summed E-state index contributed by atoms with van der Waals surface area (Å²) in [7, 11) is 0. The Hall–Kier alpha value is -0.980. The fourth-order valence-electron chi connectivity index (χ4n) is 1.80. The van der Waals surface area contributed by atoms with Crippen LogP contribution in [0.1, 0.15) is 27.2 Å². The van der Waals surface area contributed by atoms with E-state index in [9.17, 15) is 4.79 Å². The predicted octanol–water partition coefficient (Wildman–Crippen LogP) is 3.58. The summed E-state index contributed by atoms with van der Waals surface area (Å²) in [5.74, 6) is 1.25. The molecule has 1 aromatic carbocycles. The number of benzene rings is 1. The Bertz CT molecular complexity index is 467. The number of ether oxygens (including phenoxy) is 2. The quantitative estimate of drug-likeness (QED) is 0.801. The van der Waals surface area contributed by atoms with Gasteiger partial charge in [-0.25, -0.2) is 4.79 Å². The van der Waals surface area contributed by atoms with Gasteiger partial charge in [-0.2, -0.15) is 0 Å². The number of carbonyl (C=O) groups excluding carboxylic acids is 1. The number of alkyl carbamates (subject to hydrolysis) is 1. The van der Waals surface area contributed by atoms with Crippen LogP contribution in [0.15, 0.2) is 24.3 Å². The van der Waals surface area contributed by atoms with E-state index in [0.29, 0.717) is 12.5 Å². The van der Waals surface area contributed by atoms with Crippen molar-refractivity contribution in [3.05, 3.63) is 27.8 Å². The van der Waals surface area contributed by atoms with Gasteiger partial charge in [-0.1, -0.05) is 0 Å². The van der Waals surface area contributed by atoms with E-state index in [1.807, 2.05) is 45.0 Å². The van der Waals surface area contributed by atoms with Gasteiger partial charge in [0.25, 0.3) is 0 Å². The Morgan fingerprint density at radius 1 is 1.35 bits per heavy atom. The molecule has 2 rings (SSSR count). The molecule has 0 aromatic heterocycles. The Balaban J connectivity index is 1.68. The minimum atomic E-state index is -0.452. The molecule has 2 atom stereocenters. The molecule has 1 fully saturated rings. The minimum Gasteiger partial charge on any atom is -0.493 e. The zero-order chi connectivity index (χ0) is 14.8. The third-order valence-corrected chi connectivity index (χ3v) is 3.62. The number of amides is 1. The van der Waals surface area contributed by atoms with E-state index in [2.05, 4.69) is 27.9 Å². The lowest BCUT2D eigenvalue weighted by molar-refractivity contribution is 0.0519. The van der Waals surface area contributed by atoms with Gasteiger partial charge in [0.1, 0.15) is 11.4 Å². The van der Waals surface area contributed by atoms with E-state index in [0.717, 1.165) is 12.2 Å². The number of nitrogens with one attached hydrogen (secondary N) is 1. The number of rotatable bonds is 4. The topological polar surface area (TPSA) is 47.6 Å². The minimum absolute atomic E-state index is 0.175. The summed E-state index contributed by atoms with van der Waals surface area (Å²) >= 11 is 2.26. The number of carbonyl (C=O) groups is 1. The molecule has 1 N–H and O–H groups in total. The van der Waals surface area contributed by atoms with Crippen LogP contribution in [-0.4, -0.2) is 24.3 Å². The van der Waals surface area contributed by atoms with Crippen molar-refractivity contribution in [3.63, 3.8) is 0 Å². The second-order valence-corrected chi connectivity index (χ2v) is 7.26. The summed E-state index contributed by atoms with van der Waals surface area (Å²) in [6.07, 6.45) is 0.600. The molecule has 1 amide bonds. The summed E-state index contributed by atoms with van der Waals surface area (Å²) in [6.45, 7) is 6.20. The molecule has 110 valence electrons. The van der Waals surface area contributed by atoms with Crippen molar-refractivity contribution in [2.75, 3.05) is 6.61 Å². The van der Waals surface area contributed by atoms with Crippen LogP contribution in [0.3, 0.4) is 0 Å². The van der Waals surface area contributed by atoms with Crippen LogP contribution in [0, 0.1) is 9.49 Å². The monoisotopic (exact) mass is 389 g/mol. The molecule has 1 aliphatic rings. The molecule has 0 radical (unpaired) electrons. The van der Waals surface area contributed by atoms with Gasteiger partial charge in [0.2, 0.25) is 0 Å². The van der Waals surface area contributed by atoms with Crippen molar-refractivity contribution < 1.29 is 14.3 Å².